The van der Waals surface area contributed by atoms with Gasteiger partial charge in [-0.25, -0.2) is 14.3 Å². The van der Waals surface area contributed by atoms with Crippen molar-refractivity contribution in [3.05, 3.63) is 57.5 Å². The lowest BCUT2D eigenvalue weighted by molar-refractivity contribution is -0.121. The Balaban J connectivity index is 1.59. The molecule has 0 saturated heterocycles. The van der Waals surface area contributed by atoms with Crippen LogP contribution in [0.2, 0.25) is 0 Å². The van der Waals surface area contributed by atoms with Gasteiger partial charge in [-0.1, -0.05) is 18.2 Å². The first kappa shape index (κ1) is 18.4. The van der Waals surface area contributed by atoms with Crippen molar-refractivity contribution in [3.8, 4) is 5.75 Å². The van der Waals surface area contributed by atoms with Crippen LogP contribution in [0.5, 0.6) is 5.75 Å². The van der Waals surface area contributed by atoms with Crippen molar-refractivity contribution in [2.24, 2.45) is 14.1 Å². The highest BCUT2D eigenvalue weighted by atomic mass is 16.5. The van der Waals surface area contributed by atoms with Crippen LogP contribution >= 0.6 is 0 Å². The van der Waals surface area contributed by atoms with Crippen LogP contribution in [0.25, 0.3) is 11.2 Å². The highest BCUT2D eigenvalue weighted by Crippen LogP contribution is 2.08. The normalized spacial score (nSPS) is 10.9. The van der Waals surface area contributed by atoms with Gasteiger partial charge < -0.3 is 14.6 Å². The molecule has 2 aromatic heterocycles. The maximum Gasteiger partial charge on any atom is 0.332 e. The number of para-hydroxylation sites is 1. The minimum Gasteiger partial charge on any atom is -0.494 e. The second-order valence-electron chi connectivity index (χ2n) is 6.13. The molecule has 0 radical (unpaired) electrons. The van der Waals surface area contributed by atoms with Crippen LogP contribution in [0.1, 0.15) is 6.42 Å². The molecule has 142 valence electrons. The van der Waals surface area contributed by atoms with Crippen LogP contribution in [0.3, 0.4) is 0 Å². The Morgan fingerprint density at radius 1 is 1.19 bits per heavy atom. The summed E-state index contributed by atoms with van der Waals surface area (Å²) >= 11 is 0. The van der Waals surface area contributed by atoms with Gasteiger partial charge in [-0.05, 0) is 18.6 Å². The van der Waals surface area contributed by atoms with Crippen molar-refractivity contribution in [2.75, 3.05) is 13.2 Å². The standard InChI is InChI=1S/C18H21N5O4/c1-21-12-20-16-15(21)17(25)23(18(26)22(16)2)11-14(24)19-9-6-10-27-13-7-4-3-5-8-13/h3-5,7-8,12H,6,9-11H2,1-2H3,(H,19,24). The fourth-order valence-corrected chi connectivity index (χ4v) is 2.74. The van der Waals surface area contributed by atoms with Gasteiger partial charge in [0.05, 0.1) is 12.9 Å². The predicted molar refractivity (Wildman–Crippen MR) is 99.8 cm³/mol. The van der Waals surface area contributed by atoms with Gasteiger partial charge in [0, 0.05) is 20.6 Å². The molecule has 0 aliphatic heterocycles. The fourth-order valence-electron chi connectivity index (χ4n) is 2.74. The number of rotatable bonds is 7. The van der Waals surface area contributed by atoms with Crippen LogP contribution in [0, 0.1) is 0 Å². The van der Waals surface area contributed by atoms with Crippen molar-refractivity contribution < 1.29 is 9.53 Å². The molecule has 3 rings (SSSR count). The van der Waals surface area contributed by atoms with Crippen LogP contribution in [0.15, 0.2) is 46.2 Å². The van der Waals surface area contributed by atoms with Crippen molar-refractivity contribution >= 4 is 17.1 Å². The molecule has 9 heteroatoms. The van der Waals surface area contributed by atoms with Crippen molar-refractivity contribution in [3.63, 3.8) is 0 Å². The highest BCUT2D eigenvalue weighted by Gasteiger charge is 2.16. The average molecular weight is 371 g/mol. The van der Waals surface area contributed by atoms with Gasteiger partial charge in [0.25, 0.3) is 5.56 Å². The van der Waals surface area contributed by atoms with Gasteiger partial charge in [0.2, 0.25) is 5.91 Å². The summed E-state index contributed by atoms with van der Waals surface area (Å²) in [6.45, 7) is 0.494. The number of nitrogens with one attached hydrogen (secondary N) is 1. The molecule has 0 atom stereocenters. The van der Waals surface area contributed by atoms with Gasteiger partial charge in [-0.2, -0.15) is 0 Å². The molecule has 9 nitrogen and oxygen atoms in total. The lowest BCUT2D eigenvalue weighted by Crippen LogP contribution is -2.43. The second kappa shape index (κ2) is 7.90. The summed E-state index contributed by atoms with van der Waals surface area (Å²) in [5, 5.41) is 2.70. The zero-order valence-corrected chi connectivity index (χ0v) is 15.2. The van der Waals surface area contributed by atoms with Gasteiger partial charge in [0.15, 0.2) is 11.2 Å². The Morgan fingerprint density at radius 2 is 1.93 bits per heavy atom. The van der Waals surface area contributed by atoms with Crippen LogP contribution in [0.4, 0.5) is 0 Å². The largest absolute Gasteiger partial charge is 0.494 e. The lowest BCUT2D eigenvalue weighted by Gasteiger charge is -2.10. The Labute approximate surface area is 154 Å². The third kappa shape index (κ3) is 3.91. The molecule has 0 aliphatic carbocycles. The van der Waals surface area contributed by atoms with Crippen LogP contribution in [-0.2, 0) is 25.4 Å². The van der Waals surface area contributed by atoms with Crippen LogP contribution < -0.4 is 21.3 Å². The monoisotopic (exact) mass is 371 g/mol. The first-order valence-electron chi connectivity index (χ1n) is 8.54. The number of imidazole rings is 1. The lowest BCUT2D eigenvalue weighted by atomic mass is 10.3. The van der Waals surface area contributed by atoms with Crippen molar-refractivity contribution in [2.45, 2.75) is 13.0 Å². The molecular formula is C18H21N5O4. The van der Waals surface area contributed by atoms with Crippen LogP contribution in [-0.4, -0.2) is 37.7 Å². The van der Waals surface area contributed by atoms with Gasteiger partial charge in [0.1, 0.15) is 12.3 Å². The molecule has 0 bridgehead atoms. The van der Waals surface area contributed by atoms with Gasteiger partial charge in [-0.3, -0.25) is 14.2 Å². The third-order valence-electron chi connectivity index (χ3n) is 4.16. The number of carbonyl (C=O) groups excluding carboxylic acids is 1. The van der Waals surface area contributed by atoms with E-state index in [1.807, 2.05) is 30.3 Å². The Morgan fingerprint density at radius 3 is 2.67 bits per heavy atom. The van der Waals surface area contributed by atoms with E-state index in [4.69, 9.17) is 4.74 Å². The summed E-state index contributed by atoms with van der Waals surface area (Å²) in [6.07, 6.45) is 2.07. The molecule has 0 saturated carbocycles. The average Bonchev–Trinajstić information content (AvgIpc) is 3.06. The molecular weight excluding hydrogens is 350 g/mol. The predicted octanol–water partition coefficient (Wildman–Crippen LogP) is 0.0190. The molecule has 1 amide bonds. The molecule has 27 heavy (non-hydrogen) atoms. The number of aromatic nitrogens is 4. The molecule has 2 heterocycles. The molecule has 1 N–H and O–H groups in total. The van der Waals surface area contributed by atoms with E-state index in [0.29, 0.717) is 25.2 Å². The number of fused-ring (bicyclic) bond motifs is 1. The highest BCUT2D eigenvalue weighted by molar-refractivity contribution is 5.76. The SMILES string of the molecule is Cn1cnc2c1c(=O)n(CC(=O)NCCCOc1ccccc1)c(=O)n2C. The number of amides is 1. The smallest absolute Gasteiger partial charge is 0.332 e. The van der Waals surface area contributed by atoms with E-state index in [2.05, 4.69) is 10.3 Å². The molecule has 0 spiro atoms. The maximum atomic E-state index is 12.5. The number of hydrogen-bond donors (Lipinski definition) is 1. The number of hydrogen-bond acceptors (Lipinski definition) is 5. The van der Waals surface area contributed by atoms with E-state index in [-0.39, 0.29) is 12.1 Å². The van der Waals surface area contributed by atoms with E-state index in [0.717, 1.165) is 10.3 Å². The van der Waals surface area contributed by atoms with E-state index in [1.165, 1.54) is 22.5 Å². The topological polar surface area (TPSA) is 100 Å². The number of ether oxygens (including phenoxy) is 1. The number of carbonyl (C=O) groups is 1. The molecule has 0 aliphatic rings. The van der Waals surface area contributed by atoms with E-state index < -0.39 is 17.2 Å². The van der Waals surface area contributed by atoms with Gasteiger partial charge >= 0.3 is 5.69 Å². The van der Waals surface area contributed by atoms with E-state index in [1.54, 1.807) is 7.05 Å². The summed E-state index contributed by atoms with van der Waals surface area (Å²) in [7, 11) is 3.19. The Bertz CT molecular complexity index is 1070. The van der Waals surface area contributed by atoms with Gasteiger partial charge in [-0.15, -0.1) is 0 Å². The zero-order valence-electron chi connectivity index (χ0n) is 15.2. The third-order valence-corrected chi connectivity index (χ3v) is 4.16. The second-order valence-corrected chi connectivity index (χ2v) is 6.13. The zero-order chi connectivity index (χ0) is 19.4. The minimum absolute atomic E-state index is 0.279. The Kier molecular flexibility index (Phi) is 5.39. The molecule has 0 unspecified atom stereocenters. The number of benzene rings is 1. The fraction of sp³-hybridized carbons (Fsp3) is 0.333. The summed E-state index contributed by atoms with van der Waals surface area (Å²) < 4.78 is 9.26. The summed E-state index contributed by atoms with van der Waals surface area (Å²) in [5.74, 6) is 0.360. The number of aryl methyl sites for hydroxylation is 2. The van der Waals surface area contributed by atoms with E-state index in [9.17, 15) is 14.4 Å². The molecule has 0 fully saturated rings. The Hall–Kier alpha value is -3.36. The molecule has 3 aromatic rings. The van der Waals surface area contributed by atoms with E-state index >= 15 is 0 Å². The summed E-state index contributed by atoms with van der Waals surface area (Å²) in [4.78, 5) is 41.1. The van der Waals surface area contributed by atoms with Crippen molar-refractivity contribution in [1.29, 1.82) is 0 Å². The molecule has 1 aromatic carbocycles. The minimum atomic E-state index is -0.575. The first-order chi connectivity index (χ1) is 13.0. The van der Waals surface area contributed by atoms with Crippen molar-refractivity contribution in [1.82, 2.24) is 24.0 Å². The quantitative estimate of drug-likeness (QED) is 0.590. The maximum absolute atomic E-state index is 12.5. The summed E-state index contributed by atoms with van der Waals surface area (Å²) in [6, 6.07) is 9.38. The summed E-state index contributed by atoms with van der Waals surface area (Å²) in [5.41, 5.74) is -0.534. The number of nitrogens with zero attached hydrogens (tertiary/aromatic N) is 4. The first-order valence-corrected chi connectivity index (χ1v) is 8.54.